The standard InChI is InChI=1S/C15H8BrCl2NO/c16-10-6-4-9(5-7-10)11(8-19)15(20)14-12(17)2-1-3-13(14)18/h1-7,11H. The number of rotatable bonds is 3. The summed E-state index contributed by atoms with van der Waals surface area (Å²) in [6.07, 6.45) is 0. The van der Waals surface area contributed by atoms with Gasteiger partial charge in [-0.1, -0.05) is 57.3 Å². The Labute approximate surface area is 135 Å². The van der Waals surface area contributed by atoms with Crippen molar-refractivity contribution in [1.29, 1.82) is 5.26 Å². The van der Waals surface area contributed by atoms with E-state index < -0.39 is 11.7 Å². The van der Waals surface area contributed by atoms with Crippen LogP contribution in [0.2, 0.25) is 10.0 Å². The van der Waals surface area contributed by atoms with Gasteiger partial charge in [0.15, 0.2) is 5.78 Å². The number of Topliss-reactive ketones (excluding diaryl/α,β-unsaturated/α-hetero) is 1. The number of carbonyl (C=O) groups is 1. The highest BCUT2D eigenvalue weighted by molar-refractivity contribution is 9.10. The molecule has 0 radical (unpaired) electrons. The number of hydrogen-bond donors (Lipinski definition) is 0. The Hall–Kier alpha value is -1.34. The van der Waals surface area contributed by atoms with Crippen LogP contribution < -0.4 is 0 Å². The second kappa shape index (κ2) is 6.41. The van der Waals surface area contributed by atoms with Gasteiger partial charge in [-0.15, -0.1) is 0 Å². The maximum atomic E-state index is 12.5. The molecule has 0 bridgehead atoms. The van der Waals surface area contributed by atoms with Gasteiger partial charge in [0.1, 0.15) is 5.92 Å². The van der Waals surface area contributed by atoms with Crippen LogP contribution in [0, 0.1) is 11.3 Å². The first-order chi connectivity index (χ1) is 9.54. The molecule has 0 fully saturated rings. The molecule has 0 aromatic heterocycles. The molecule has 2 nitrogen and oxygen atoms in total. The van der Waals surface area contributed by atoms with Crippen LogP contribution in [0.1, 0.15) is 21.8 Å². The zero-order valence-electron chi connectivity index (χ0n) is 10.1. The predicted octanol–water partition coefficient (Wildman–Crippen LogP) is 5.25. The first kappa shape index (κ1) is 15.1. The Morgan fingerprint density at radius 3 is 2.15 bits per heavy atom. The van der Waals surface area contributed by atoms with E-state index in [9.17, 15) is 10.1 Å². The summed E-state index contributed by atoms with van der Waals surface area (Å²) in [5, 5.41) is 9.79. The molecule has 2 aromatic rings. The molecule has 0 saturated heterocycles. The van der Waals surface area contributed by atoms with Crippen LogP contribution >= 0.6 is 39.1 Å². The second-order valence-corrected chi connectivity index (χ2v) is 5.80. The van der Waals surface area contributed by atoms with Crippen molar-refractivity contribution < 1.29 is 4.79 Å². The van der Waals surface area contributed by atoms with Gasteiger partial charge in [-0.05, 0) is 29.8 Å². The molecule has 0 heterocycles. The second-order valence-electron chi connectivity index (χ2n) is 4.07. The third kappa shape index (κ3) is 3.04. The van der Waals surface area contributed by atoms with E-state index in [1.165, 1.54) is 0 Å². The number of nitriles is 1. The minimum atomic E-state index is -0.930. The van der Waals surface area contributed by atoms with Crippen molar-refractivity contribution in [3.05, 3.63) is 68.1 Å². The number of benzene rings is 2. The lowest BCUT2D eigenvalue weighted by atomic mass is 9.92. The van der Waals surface area contributed by atoms with E-state index in [1.807, 2.05) is 6.07 Å². The molecule has 20 heavy (non-hydrogen) atoms. The monoisotopic (exact) mass is 367 g/mol. The molecule has 5 heteroatoms. The van der Waals surface area contributed by atoms with Crippen molar-refractivity contribution in [1.82, 2.24) is 0 Å². The lowest BCUT2D eigenvalue weighted by Gasteiger charge is -2.11. The fraction of sp³-hybridized carbons (Fsp3) is 0.0667. The first-order valence-corrected chi connectivity index (χ1v) is 7.23. The van der Waals surface area contributed by atoms with E-state index >= 15 is 0 Å². The van der Waals surface area contributed by atoms with Gasteiger partial charge in [-0.2, -0.15) is 5.26 Å². The van der Waals surface area contributed by atoms with Gasteiger partial charge in [0.2, 0.25) is 0 Å². The maximum Gasteiger partial charge on any atom is 0.187 e. The SMILES string of the molecule is N#CC(C(=O)c1c(Cl)cccc1Cl)c1ccc(Br)cc1. The molecule has 0 N–H and O–H groups in total. The molecule has 0 aliphatic rings. The van der Waals surface area contributed by atoms with Gasteiger partial charge in [-0.3, -0.25) is 4.79 Å². The van der Waals surface area contributed by atoms with Crippen molar-refractivity contribution in [2.75, 3.05) is 0 Å². The lowest BCUT2D eigenvalue weighted by molar-refractivity contribution is 0.0979. The van der Waals surface area contributed by atoms with E-state index in [0.717, 1.165) is 4.47 Å². The number of carbonyl (C=O) groups excluding carboxylic acids is 1. The van der Waals surface area contributed by atoms with Gasteiger partial charge in [0.25, 0.3) is 0 Å². The van der Waals surface area contributed by atoms with Crippen LogP contribution in [0.15, 0.2) is 46.9 Å². The summed E-state index contributed by atoms with van der Waals surface area (Å²) in [4.78, 5) is 12.5. The molecule has 1 unspecified atom stereocenters. The first-order valence-electron chi connectivity index (χ1n) is 5.68. The molecule has 1 atom stereocenters. The fourth-order valence-corrected chi connectivity index (χ4v) is 2.67. The zero-order chi connectivity index (χ0) is 14.7. The zero-order valence-corrected chi connectivity index (χ0v) is 13.2. The van der Waals surface area contributed by atoms with Crippen LogP contribution in [0.4, 0.5) is 0 Å². The van der Waals surface area contributed by atoms with E-state index in [0.29, 0.717) is 5.56 Å². The Kier molecular flexibility index (Phi) is 4.82. The molecular weight excluding hydrogens is 361 g/mol. The van der Waals surface area contributed by atoms with Crippen molar-refractivity contribution in [3.8, 4) is 6.07 Å². The summed E-state index contributed by atoms with van der Waals surface area (Å²) in [7, 11) is 0. The summed E-state index contributed by atoms with van der Waals surface area (Å²) >= 11 is 15.3. The molecule has 2 aromatic carbocycles. The highest BCUT2D eigenvalue weighted by Crippen LogP contribution is 2.30. The molecule has 0 amide bonds. The maximum absolute atomic E-state index is 12.5. The Bertz CT molecular complexity index is 672. The average Bonchev–Trinajstić information content (AvgIpc) is 2.41. The Morgan fingerprint density at radius 2 is 1.65 bits per heavy atom. The normalized spacial score (nSPS) is 11.7. The quantitative estimate of drug-likeness (QED) is 0.694. The highest BCUT2D eigenvalue weighted by atomic mass is 79.9. The highest BCUT2D eigenvalue weighted by Gasteiger charge is 2.25. The van der Waals surface area contributed by atoms with Gasteiger partial charge in [-0.25, -0.2) is 0 Å². The Morgan fingerprint density at radius 1 is 1.10 bits per heavy atom. The van der Waals surface area contributed by atoms with Crippen LogP contribution in [0.25, 0.3) is 0 Å². The van der Waals surface area contributed by atoms with E-state index in [2.05, 4.69) is 15.9 Å². The number of ketones is 1. The summed E-state index contributed by atoms with van der Waals surface area (Å²) in [5.41, 5.74) is 0.794. The molecular formula is C15H8BrCl2NO. The smallest absolute Gasteiger partial charge is 0.187 e. The molecule has 0 aliphatic heterocycles. The number of nitrogens with zero attached hydrogens (tertiary/aromatic N) is 1. The lowest BCUT2D eigenvalue weighted by Crippen LogP contribution is -2.12. The largest absolute Gasteiger partial charge is 0.292 e. The van der Waals surface area contributed by atoms with Gasteiger partial charge in [0, 0.05) is 4.47 Å². The van der Waals surface area contributed by atoms with Crippen molar-refractivity contribution >= 4 is 44.9 Å². The molecule has 100 valence electrons. The third-order valence-electron chi connectivity index (χ3n) is 2.80. The van der Waals surface area contributed by atoms with E-state index in [1.54, 1.807) is 42.5 Å². The minimum absolute atomic E-state index is 0.185. The summed E-state index contributed by atoms with van der Waals surface area (Å²) in [5.74, 6) is -1.33. The summed E-state index contributed by atoms with van der Waals surface area (Å²) < 4.78 is 0.876. The number of hydrogen-bond acceptors (Lipinski definition) is 2. The third-order valence-corrected chi connectivity index (χ3v) is 3.96. The van der Waals surface area contributed by atoms with Crippen LogP contribution in [0.3, 0.4) is 0 Å². The topological polar surface area (TPSA) is 40.9 Å². The fourth-order valence-electron chi connectivity index (χ4n) is 1.82. The van der Waals surface area contributed by atoms with Crippen molar-refractivity contribution in [2.24, 2.45) is 0 Å². The van der Waals surface area contributed by atoms with Gasteiger partial charge >= 0.3 is 0 Å². The van der Waals surface area contributed by atoms with E-state index in [-0.39, 0.29) is 15.6 Å². The van der Waals surface area contributed by atoms with Crippen molar-refractivity contribution in [2.45, 2.75) is 5.92 Å². The molecule has 0 aliphatic carbocycles. The minimum Gasteiger partial charge on any atom is -0.292 e. The Balaban J connectivity index is 2.45. The van der Waals surface area contributed by atoms with Gasteiger partial charge in [0.05, 0.1) is 21.7 Å². The van der Waals surface area contributed by atoms with Crippen LogP contribution in [0.5, 0.6) is 0 Å². The van der Waals surface area contributed by atoms with Crippen LogP contribution in [-0.4, -0.2) is 5.78 Å². The average molecular weight is 369 g/mol. The van der Waals surface area contributed by atoms with E-state index in [4.69, 9.17) is 23.2 Å². The molecule has 2 rings (SSSR count). The number of halogens is 3. The molecule has 0 spiro atoms. The summed E-state index contributed by atoms with van der Waals surface area (Å²) in [6.45, 7) is 0. The summed E-state index contributed by atoms with van der Waals surface area (Å²) in [6, 6.07) is 13.8. The predicted molar refractivity (Wildman–Crippen MR) is 83.3 cm³/mol. The molecule has 0 saturated carbocycles. The van der Waals surface area contributed by atoms with Crippen LogP contribution in [-0.2, 0) is 0 Å². The van der Waals surface area contributed by atoms with Gasteiger partial charge < -0.3 is 0 Å². The van der Waals surface area contributed by atoms with Crippen molar-refractivity contribution in [3.63, 3.8) is 0 Å².